The Hall–Kier alpha value is -3.19. The first kappa shape index (κ1) is 31.7. The minimum Gasteiger partial charge on any atom is -0.490 e. The van der Waals surface area contributed by atoms with Crippen molar-refractivity contribution >= 4 is 64.0 Å². The van der Waals surface area contributed by atoms with Crippen molar-refractivity contribution in [2.45, 2.75) is 26.2 Å². The van der Waals surface area contributed by atoms with Crippen LogP contribution >= 0.6 is 58.0 Å². The number of carbonyl (C=O) groups excluding carboxylic acids is 1. The van der Waals surface area contributed by atoms with Crippen molar-refractivity contribution in [3.8, 4) is 34.8 Å². The van der Waals surface area contributed by atoms with E-state index in [4.69, 9.17) is 87.4 Å². The fourth-order valence-corrected chi connectivity index (χ4v) is 5.38. The fourth-order valence-electron chi connectivity index (χ4n) is 4.15. The van der Waals surface area contributed by atoms with Gasteiger partial charge in [-0.05, 0) is 37.1 Å². The molecule has 3 aromatic rings. The third kappa shape index (κ3) is 6.56. The number of carbonyl (C=O) groups is 1. The smallest absolute Gasteiger partial charge is 0.349 e. The summed E-state index contributed by atoms with van der Waals surface area (Å²) in [6.07, 6.45) is 0.836. The molecule has 1 unspecified atom stereocenters. The molecule has 13 heteroatoms. The van der Waals surface area contributed by atoms with Crippen LogP contribution in [0.2, 0.25) is 25.1 Å². The van der Waals surface area contributed by atoms with Crippen molar-refractivity contribution in [3.63, 3.8) is 0 Å². The van der Waals surface area contributed by atoms with E-state index in [2.05, 4.69) is 6.07 Å². The van der Waals surface area contributed by atoms with Crippen LogP contribution in [0, 0.1) is 11.3 Å². The van der Waals surface area contributed by atoms with Crippen molar-refractivity contribution in [2.75, 3.05) is 19.8 Å². The molecule has 8 nitrogen and oxygen atoms in total. The second kappa shape index (κ2) is 13.9. The zero-order valence-electron chi connectivity index (χ0n) is 22.2. The van der Waals surface area contributed by atoms with Crippen LogP contribution < -0.4 is 29.4 Å². The SMILES string of the molecule is CCCOc1ccc(C2C(C#N)=C(N)Oc3cc(OC(=O)COc4c(Cl)c(Cl)c(Cl)c(Cl)c4Cl)ccc32)cc1OCC. The van der Waals surface area contributed by atoms with Crippen LogP contribution in [0.3, 0.4) is 0 Å². The van der Waals surface area contributed by atoms with Crippen molar-refractivity contribution in [3.05, 3.63) is 84.1 Å². The van der Waals surface area contributed by atoms with Crippen molar-refractivity contribution in [1.29, 1.82) is 5.26 Å². The molecule has 1 atom stereocenters. The van der Waals surface area contributed by atoms with Gasteiger partial charge >= 0.3 is 5.97 Å². The molecule has 2 N–H and O–H groups in total. The van der Waals surface area contributed by atoms with Gasteiger partial charge in [-0.3, -0.25) is 0 Å². The summed E-state index contributed by atoms with van der Waals surface area (Å²) in [4.78, 5) is 12.6. The molecule has 1 aliphatic heterocycles. The summed E-state index contributed by atoms with van der Waals surface area (Å²) >= 11 is 30.4. The monoisotopic (exact) mass is 670 g/mol. The summed E-state index contributed by atoms with van der Waals surface area (Å²) in [5.41, 5.74) is 7.73. The topological polar surface area (TPSA) is 113 Å². The average Bonchev–Trinajstić information content (AvgIpc) is 2.97. The number of hydrogen-bond donors (Lipinski definition) is 1. The highest BCUT2D eigenvalue weighted by Gasteiger charge is 2.32. The van der Waals surface area contributed by atoms with E-state index in [-0.39, 0.29) is 48.1 Å². The molecule has 4 rings (SSSR count). The Morgan fingerprint density at radius 3 is 2.26 bits per heavy atom. The predicted molar refractivity (Wildman–Crippen MR) is 162 cm³/mol. The number of hydrogen-bond acceptors (Lipinski definition) is 8. The van der Waals surface area contributed by atoms with Gasteiger partial charge in [0.05, 0.1) is 34.2 Å². The maximum absolute atomic E-state index is 12.6. The van der Waals surface area contributed by atoms with Crippen LogP contribution in [0.4, 0.5) is 0 Å². The highest BCUT2D eigenvalue weighted by Crippen LogP contribution is 2.48. The zero-order chi connectivity index (χ0) is 30.6. The van der Waals surface area contributed by atoms with E-state index in [0.717, 1.165) is 12.0 Å². The summed E-state index contributed by atoms with van der Waals surface area (Å²) in [5, 5.41) is 9.53. The molecule has 1 heterocycles. The van der Waals surface area contributed by atoms with E-state index in [1.54, 1.807) is 18.2 Å². The van der Waals surface area contributed by atoms with Gasteiger partial charge in [-0.25, -0.2) is 4.79 Å². The van der Waals surface area contributed by atoms with Gasteiger partial charge in [0.15, 0.2) is 23.9 Å². The lowest BCUT2D eigenvalue weighted by Crippen LogP contribution is -2.22. The Morgan fingerprint density at radius 1 is 0.929 bits per heavy atom. The van der Waals surface area contributed by atoms with Crippen LogP contribution in [-0.4, -0.2) is 25.8 Å². The molecule has 0 bridgehead atoms. The second-order valence-corrected chi connectivity index (χ2v) is 10.7. The molecule has 0 amide bonds. The first-order valence-corrected chi connectivity index (χ1v) is 14.5. The molecule has 0 saturated carbocycles. The molecule has 42 heavy (non-hydrogen) atoms. The van der Waals surface area contributed by atoms with Crippen LogP contribution in [-0.2, 0) is 4.79 Å². The standard InChI is InChI=1S/C29H23Cl5N2O6/c1-3-9-39-18-8-5-14(10-20(18)38-4-2)22-16-7-6-15(11-19(16)42-29(36)17(22)12-35)41-21(37)13-40-28-26(33)24(31)23(30)25(32)27(28)34/h5-8,10-11,22H,3-4,9,13,36H2,1-2H3. The Bertz CT molecular complexity index is 1580. The lowest BCUT2D eigenvalue weighted by atomic mass is 9.83. The van der Waals surface area contributed by atoms with E-state index < -0.39 is 18.5 Å². The lowest BCUT2D eigenvalue weighted by Gasteiger charge is -2.27. The maximum Gasteiger partial charge on any atom is 0.349 e. The van der Waals surface area contributed by atoms with E-state index in [1.165, 1.54) is 6.07 Å². The molecule has 1 aliphatic rings. The Balaban J connectivity index is 1.58. The first-order chi connectivity index (χ1) is 20.1. The van der Waals surface area contributed by atoms with E-state index in [9.17, 15) is 10.1 Å². The summed E-state index contributed by atoms with van der Waals surface area (Å²) in [6.45, 7) is 4.25. The van der Waals surface area contributed by atoms with Crippen molar-refractivity contribution in [2.24, 2.45) is 5.73 Å². The molecule has 3 aromatic carbocycles. The van der Waals surface area contributed by atoms with Gasteiger partial charge in [0.25, 0.3) is 0 Å². The Kier molecular flexibility index (Phi) is 10.5. The zero-order valence-corrected chi connectivity index (χ0v) is 26.0. The molecular formula is C29H23Cl5N2O6. The minimum absolute atomic E-state index is 0.0432. The van der Waals surface area contributed by atoms with Crippen LogP contribution in [0.15, 0.2) is 47.9 Å². The van der Waals surface area contributed by atoms with Gasteiger partial charge in [0.1, 0.15) is 33.2 Å². The number of nitriles is 1. The normalized spacial score (nSPS) is 14.0. The lowest BCUT2D eigenvalue weighted by molar-refractivity contribution is -0.136. The number of nitrogens with two attached hydrogens (primary N) is 1. The number of nitrogens with zero attached hydrogens (tertiary/aromatic N) is 1. The third-order valence-corrected chi connectivity index (χ3v) is 8.23. The summed E-state index contributed by atoms with van der Waals surface area (Å²) < 4.78 is 28.2. The van der Waals surface area contributed by atoms with Gasteiger partial charge in [-0.1, -0.05) is 77.1 Å². The second-order valence-electron chi connectivity index (χ2n) is 8.77. The molecule has 0 aromatic heterocycles. The minimum atomic E-state index is -0.790. The molecule has 0 saturated heterocycles. The Labute approximate surface area is 267 Å². The maximum atomic E-state index is 12.6. The van der Waals surface area contributed by atoms with Crippen molar-refractivity contribution in [1.82, 2.24) is 0 Å². The molecular weight excluding hydrogens is 650 g/mol. The van der Waals surface area contributed by atoms with Crippen LogP contribution in [0.1, 0.15) is 37.3 Å². The van der Waals surface area contributed by atoms with Crippen molar-refractivity contribution < 1.29 is 28.5 Å². The van der Waals surface area contributed by atoms with Crippen LogP contribution in [0.5, 0.6) is 28.7 Å². The summed E-state index contributed by atoms with van der Waals surface area (Å²) in [5.74, 6) is 0.0163. The van der Waals surface area contributed by atoms with E-state index in [0.29, 0.717) is 36.0 Å². The van der Waals surface area contributed by atoms with Gasteiger partial charge in [0, 0.05) is 11.6 Å². The van der Waals surface area contributed by atoms with Gasteiger partial charge in [-0.15, -0.1) is 0 Å². The first-order valence-electron chi connectivity index (χ1n) is 12.6. The highest BCUT2D eigenvalue weighted by atomic mass is 35.5. The molecule has 220 valence electrons. The van der Waals surface area contributed by atoms with E-state index >= 15 is 0 Å². The number of benzene rings is 3. The number of allylic oxidation sites excluding steroid dienone is 1. The molecule has 0 spiro atoms. The molecule has 0 aliphatic carbocycles. The number of fused-ring (bicyclic) bond motifs is 1. The number of rotatable bonds is 10. The predicted octanol–water partition coefficient (Wildman–Crippen LogP) is 8.34. The number of ether oxygens (including phenoxy) is 5. The summed E-state index contributed by atoms with van der Waals surface area (Å²) in [7, 11) is 0. The Morgan fingerprint density at radius 2 is 1.62 bits per heavy atom. The summed E-state index contributed by atoms with van der Waals surface area (Å²) in [6, 6.07) is 12.3. The third-order valence-electron chi connectivity index (χ3n) is 5.99. The average molecular weight is 673 g/mol. The number of esters is 1. The molecule has 0 fully saturated rings. The fraction of sp³-hybridized carbons (Fsp3) is 0.241. The van der Waals surface area contributed by atoms with Gasteiger partial charge in [0.2, 0.25) is 5.88 Å². The van der Waals surface area contributed by atoms with Gasteiger partial charge in [-0.2, -0.15) is 5.26 Å². The van der Waals surface area contributed by atoms with Crippen LogP contribution in [0.25, 0.3) is 0 Å². The van der Waals surface area contributed by atoms with Gasteiger partial charge < -0.3 is 29.4 Å². The highest BCUT2D eigenvalue weighted by molar-refractivity contribution is 6.55. The number of halogens is 5. The van der Waals surface area contributed by atoms with E-state index in [1.807, 2.05) is 26.0 Å². The largest absolute Gasteiger partial charge is 0.490 e. The quantitative estimate of drug-likeness (QED) is 0.0990. The molecule has 0 radical (unpaired) electrons.